The van der Waals surface area contributed by atoms with Crippen molar-refractivity contribution in [2.75, 3.05) is 0 Å². The van der Waals surface area contributed by atoms with E-state index in [0.717, 1.165) is 28.4 Å². The van der Waals surface area contributed by atoms with Gasteiger partial charge in [-0.05, 0) is 38.1 Å². The number of aryl methyl sites for hydroxylation is 2. The number of aromatic nitrogens is 3. The quantitative estimate of drug-likeness (QED) is 0.634. The molecule has 2 aromatic heterocycles. The van der Waals surface area contributed by atoms with Crippen LogP contribution in [-0.4, -0.2) is 14.5 Å². The van der Waals surface area contributed by atoms with E-state index >= 15 is 0 Å². The summed E-state index contributed by atoms with van der Waals surface area (Å²) < 4.78 is 2.09. The van der Waals surface area contributed by atoms with Crippen LogP contribution in [0.4, 0.5) is 0 Å². The van der Waals surface area contributed by atoms with Gasteiger partial charge >= 0.3 is 0 Å². The van der Waals surface area contributed by atoms with Crippen LogP contribution in [0, 0.1) is 13.8 Å². The Balaban J connectivity index is 2.33. The molecule has 3 heteroatoms. The molecule has 0 aliphatic heterocycles. The van der Waals surface area contributed by atoms with Gasteiger partial charge in [0.1, 0.15) is 11.6 Å². The van der Waals surface area contributed by atoms with E-state index in [1.165, 1.54) is 0 Å². The van der Waals surface area contributed by atoms with Crippen LogP contribution >= 0.6 is 0 Å². The van der Waals surface area contributed by atoms with Crippen molar-refractivity contribution in [3.63, 3.8) is 0 Å². The van der Waals surface area contributed by atoms with Gasteiger partial charge in [-0.2, -0.15) is 0 Å². The van der Waals surface area contributed by atoms with Crippen LogP contribution in [0.25, 0.3) is 16.9 Å². The molecule has 0 unspecified atom stereocenters. The van der Waals surface area contributed by atoms with E-state index in [0.29, 0.717) is 0 Å². The molecule has 3 nitrogen and oxygen atoms in total. The van der Waals surface area contributed by atoms with Crippen LogP contribution in [0.2, 0.25) is 0 Å². The molecule has 84 valence electrons. The van der Waals surface area contributed by atoms with Crippen LogP contribution in [0.15, 0.2) is 42.5 Å². The molecule has 0 amide bonds. The van der Waals surface area contributed by atoms with Crippen molar-refractivity contribution in [1.82, 2.24) is 14.5 Å². The summed E-state index contributed by atoms with van der Waals surface area (Å²) in [7, 11) is 0. The molecule has 0 saturated carbocycles. The van der Waals surface area contributed by atoms with E-state index in [2.05, 4.69) is 20.6 Å². The predicted octanol–water partition coefficient (Wildman–Crippen LogP) is 3.04. The SMILES string of the molecule is Cc1cccc(-n2c(C)nc3ccccc32)n1. The molecule has 0 saturated heterocycles. The van der Waals surface area contributed by atoms with Gasteiger partial charge in [0.2, 0.25) is 0 Å². The Morgan fingerprint density at radius 3 is 2.53 bits per heavy atom. The normalized spacial score (nSPS) is 10.9. The Labute approximate surface area is 99.8 Å². The Morgan fingerprint density at radius 2 is 1.71 bits per heavy atom. The lowest BCUT2D eigenvalue weighted by molar-refractivity contribution is 0.945. The first-order chi connectivity index (χ1) is 8.25. The minimum atomic E-state index is 0.927. The summed E-state index contributed by atoms with van der Waals surface area (Å²) >= 11 is 0. The molecular weight excluding hydrogens is 210 g/mol. The van der Waals surface area contributed by atoms with Gasteiger partial charge in [0, 0.05) is 5.69 Å². The highest BCUT2D eigenvalue weighted by atomic mass is 15.1. The summed E-state index contributed by atoms with van der Waals surface area (Å²) in [6.07, 6.45) is 0. The highest BCUT2D eigenvalue weighted by Gasteiger charge is 2.08. The fourth-order valence-corrected chi connectivity index (χ4v) is 2.09. The van der Waals surface area contributed by atoms with E-state index in [1.54, 1.807) is 0 Å². The molecule has 1 aromatic carbocycles. The van der Waals surface area contributed by atoms with Gasteiger partial charge in [-0.3, -0.25) is 4.57 Å². The Kier molecular flexibility index (Phi) is 2.18. The first-order valence-electron chi connectivity index (χ1n) is 5.64. The Hall–Kier alpha value is -2.16. The standard InChI is InChI=1S/C14H13N3/c1-10-6-5-9-14(15-10)17-11(2)16-12-7-3-4-8-13(12)17/h3-9H,1-2H3. The number of nitrogens with zero attached hydrogens (tertiary/aromatic N) is 3. The fraction of sp³-hybridized carbons (Fsp3) is 0.143. The largest absolute Gasteiger partial charge is 0.281 e. The number of rotatable bonds is 1. The zero-order chi connectivity index (χ0) is 11.8. The lowest BCUT2D eigenvalue weighted by Gasteiger charge is -2.06. The second kappa shape index (κ2) is 3.70. The third-order valence-electron chi connectivity index (χ3n) is 2.83. The van der Waals surface area contributed by atoms with Crippen molar-refractivity contribution >= 4 is 11.0 Å². The minimum Gasteiger partial charge on any atom is -0.281 e. The Bertz CT molecular complexity index is 683. The molecule has 0 radical (unpaired) electrons. The number of benzene rings is 1. The third kappa shape index (κ3) is 1.60. The molecule has 0 bridgehead atoms. The highest BCUT2D eigenvalue weighted by molar-refractivity contribution is 5.77. The van der Waals surface area contributed by atoms with Crippen LogP contribution in [0.3, 0.4) is 0 Å². The average Bonchev–Trinajstić information content (AvgIpc) is 2.64. The van der Waals surface area contributed by atoms with E-state index in [-0.39, 0.29) is 0 Å². The molecule has 0 atom stereocenters. The zero-order valence-corrected chi connectivity index (χ0v) is 9.88. The molecule has 17 heavy (non-hydrogen) atoms. The van der Waals surface area contributed by atoms with Gasteiger partial charge in [0.05, 0.1) is 11.0 Å². The van der Waals surface area contributed by atoms with Gasteiger partial charge in [-0.15, -0.1) is 0 Å². The number of imidazole rings is 1. The second-order valence-corrected chi connectivity index (χ2v) is 4.12. The summed E-state index contributed by atoms with van der Waals surface area (Å²) in [5.74, 6) is 1.89. The maximum atomic E-state index is 4.55. The molecule has 0 N–H and O–H groups in total. The van der Waals surface area contributed by atoms with Gasteiger partial charge in [0.25, 0.3) is 0 Å². The molecule has 3 aromatic rings. The van der Waals surface area contributed by atoms with Crippen molar-refractivity contribution in [3.05, 3.63) is 54.0 Å². The number of hydrogen-bond acceptors (Lipinski definition) is 2. The predicted molar refractivity (Wildman–Crippen MR) is 68.3 cm³/mol. The van der Waals surface area contributed by atoms with Crippen LogP contribution in [0.5, 0.6) is 0 Å². The van der Waals surface area contributed by atoms with Crippen molar-refractivity contribution in [1.29, 1.82) is 0 Å². The average molecular weight is 223 g/mol. The van der Waals surface area contributed by atoms with Crippen LogP contribution in [0.1, 0.15) is 11.5 Å². The van der Waals surface area contributed by atoms with E-state index < -0.39 is 0 Å². The topological polar surface area (TPSA) is 30.7 Å². The Morgan fingerprint density at radius 1 is 0.882 bits per heavy atom. The van der Waals surface area contributed by atoms with Crippen LogP contribution < -0.4 is 0 Å². The molecule has 0 spiro atoms. The highest BCUT2D eigenvalue weighted by Crippen LogP contribution is 2.19. The van der Waals surface area contributed by atoms with Gasteiger partial charge in [-0.1, -0.05) is 18.2 Å². The fourth-order valence-electron chi connectivity index (χ4n) is 2.09. The van der Waals surface area contributed by atoms with Crippen molar-refractivity contribution < 1.29 is 0 Å². The summed E-state index contributed by atoms with van der Waals surface area (Å²) in [5, 5.41) is 0. The number of para-hydroxylation sites is 2. The monoisotopic (exact) mass is 223 g/mol. The summed E-state index contributed by atoms with van der Waals surface area (Å²) in [4.78, 5) is 9.09. The van der Waals surface area contributed by atoms with Gasteiger partial charge in [0.15, 0.2) is 0 Å². The summed E-state index contributed by atoms with van der Waals surface area (Å²) in [5.41, 5.74) is 3.12. The molecule has 0 fully saturated rings. The third-order valence-corrected chi connectivity index (χ3v) is 2.83. The van der Waals surface area contributed by atoms with Gasteiger partial charge < -0.3 is 0 Å². The minimum absolute atomic E-state index is 0.927. The van der Waals surface area contributed by atoms with E-state index in [1.807, 2.05) is 50.2 Å². The summed E-state index contributed by atoms with van der Waals surface area (Å²) in [6.45, 7) is 4.00. The van der Waals surface area contributed by atoms with Crippen molar-refractivity contribution in [3.8, 4) is 5.82 Å². The first-order valence-corrected chi connectivity index (χ1v) is 5.64. The molecule has 3 rings (SSSR count). The lowest BCUT2D eigenvalue weighted by Crippen LogP contribution is -2.00. The smallest absolute Gasteiger partial charge is 0.138 e. The van der Waals surface area contributed by atoms with E-state index in [9.17, 15) is 0 Å². The first kappa shape index (κ1) is 10.0. The lowest BCUT2D eigenvalue weighted by atomic mass is 10.3. The zero-order valence-electron chi connectivity index (χ0n) is 9.88. The number of hydrogen-bond donors (Lipinski definition) is 0. The summed E-state index contributed by atoms with van der Waals surface area (Å²) in [6, 6.07) is 14.1. The molecule has 0 aliphatic carbocycles. The number of fused-ring (bicyclic) bond motifs is 1. The van der Waals surface area contributed by atoms with E-state index in [4.69, 9.17) is 0 Å². The number of pyridine rings is 1. The second-order valence-electron chi connectivity index (χ2n) is 4.12. The maximum Gasteiger partial charge on any atom is 0.138 e. The van der Waals surface area contributed by atoms with Crippen LogP contribution in [-0.2, 0) is 0 Å². The van der Waals surface area contributed by atoms with Crippen molar-refractivity contribution in [2.24, 2.45) is 0 Å². The molecular formula is C14H13N3. The van der Waals surface area contributed by atoms with Gasteiger partial charge in [-0.25, -0.2) is 9.97 Å². The maximum absolute atomic E-state index is 4.55. The molecule has 2 heterocycles. The molecule has 0 aliphatic rings. The van der Waals surface area contributed by atoms with Crippen molar-refractivity contribution in [2.45, 2.75) is 13.8 Å².